The predicted octanol–water partition coefficient (Wildman–Crippen LogP) is 5.25. The van der Waals surface area contributed by atoms with Gasteiger partial charge in [-0.15, -0.1) is 0 Å². The maximum atomic E-state index is 12.4. The standard InChI is InChI=1S/C26H24N2O5/c1-17-5-11-22(18(2)14-17)32-16-21-10-12-24(33-21)25(29)27-15-19-6-8-20(9-7-19)28-26(30)23-4-3-13-31-23/h3-14H,15-16H2,1-2H3,(H,27,29)(H,28,30). The molecule has 33 heavy (non-hydrogen) atoms. The largest absolute Gasteiger partial charge is 0.485 e. The highest BCUT2D eigenvalue weighted by molar-refractivity contribution is 6.02. The van der Waals surface area contributed by atoms with E-state index in [-0.39, 0.29) is 29.9 Å². The van der Waals surface area contributed by atoms with Crippen LogP contribution in [0.1, 0.15) is 43.6 Å². The molecule has 0 aliphatic heterocycles. The predicted molar refractivity (Wildman–Crippen MR) is 123 cm³/mol. The van der Waals surface area contributed by atoms with E-state index >= 15 is 0 Å². The first-order valence-corrected chi connectivity index (χ1v) is 10.5. The molecule has 2 aromatic carbocycles. The van der Waals surface area contributed by atoms with Gasteiger partial charge < -0.3 is 24.2 Å². The van der Waals surface area contributed by atoms with Crippen LogP contribution in [0.2, 0.25) is 0 Å². The Hall–Kier alpha value is -4.26. The first-order valence-electron chi connectivity index (χ1n) is 10.5. The highest BCUT2D eigenvalue weighted by atomic mass is 16.5. The van der Waals surface area contributed by atoms with E-state index in [1.807, 2.05) is 38.1 Å². The van der Waals surface area contributed by atoms with Gasteiger partial charge in [-0.2, -0.15) is 0 Å². The number of anilines is 1. The van der Waals surface area contributed by atoms with Crippen LogP contribution in [0.5, 0.6) is 5.75 Å². The van der Waals surface area contributed by atoms with Gasteiger partial charge in [0.05, 0.1) is 6.26 Å². The van der Waals surface area contributed by atoms with Crippen LogP contribution in [-0.4, -0.2) is 11.8 Å². The van der Waals surface area contributed by atoms with Crippen molar-refractivity contribution < 1.29 is 23.2 Å². The van der Waals surface area contributed by atoms with E-state index in [0.29, 0.717) is 18.0 Å². The summed E-state index contributed by atoms with van der Waals surface area (Å²) in [6.45, 7) is 4.58. The van der Waals surface area contributed by atoms with Crippen LogP contribution in [-0.2, 0) is 13.2 Å². The molecule has 2 aromatic heterocycles. The second-order valence-electron chi connectivity index (χ2n) is 7.63. The number of carbonyl (C=O) groups is 2. The molecule has 168 valence electrons. The minimum Gasteiger partial charge on any atom is -0.485 e. The first kappa shape index (κ1) is 22.0. The van der Waals surface area contributed by atoms with Gasteiger partial charge in [-0.3, -0.25) is 9.59 Å². The highest BCUT2D eigenvalue weighted by Crippen LogP contribution is 2.20. The van der Waals surface area contributed by atoms with Crippen LogP contribution in [0.25, 0.3) is 0 Å². The normalized spacial score (nSPS) is 10.6. The summed E-state index contributed by atoms with van der Waals surface area (Å²) >= 11 is 0. The maximum absolute atomic E-state index is 12.4. The third kappa shape index (κ3) is 5.71. The molecule has 0 spiro atoms. The summed E-state index contributed by atoms with van der Waals surface area (Å²) < 4.78 is 16.5. The number of hydrogen-bond acceptors (Lipinski definition) is 5. The number of rotatable bonds is 8. The molecular formula is C26H24N2O5. The third-order valence-corrected chi connectivity index (χ3v) is 5.00. The summed E-state index contributed by atoms with van der Waals surface area (Å²) in [7, 11) is 0. The summed E-state index contributed by atoms with van der Waals surface area (Å²) in [6, 6.07) is 19.7. The lowest BCUT2D eigenvalue weighted by Crippen LogP contribution is -2.22. The number of nitrogens with one attached hydrogen (secondary N) is 2. The Balaban J connectivity index is 1.26. The van der Waals surface area contributed by atoms with E-state index in [0.717, 1.165) is 16.9 Å². The Morgan fingerprint density at radius 2 is 1.73 bits per heavy atom. The molecule has 2 amide bonds. The van der Waals surface area contributed by atoms with Crippen molar-refractivity contribution in [1.82, 2.24) is 5.32 Å². The molecule has 2 heterocycles. The quantitative estimate of drug-likeness (QED) is 0.387. The first-order chi connectivity index (χ1) is 16.0. The molecule has 7 nitrogen and oxygen atoms in total. The number of carbonyl (C=O) groups excluding carboxylic acids is 2. The molecule has 7 heteroatoms. The lowest BCUT2D eigenvalue weighted by atomic mass is 10.1. The van der Waals surface area contributed by atoms with Crippen LogP contribution in [0, 0.1) is 13.8 Å². The average molecular weight is 444 g/mol. The second kappa shape index (κ2) is 9.91. The summed E-state index contributed by atoms with van der Waals surface area (Å²) in [5.74, 6) is 1.17. The summed E-state index contributed by atoms with van der Waals surface area (Å²) in [4.78, 5) is 24.4. The minimum atomic E-state index is -0.323. The fraction of sp³-hybridized carbons (Fsp3) is 0.154. The molecule has 0 atom stereocenters. The molecule has 4 rings (SSSR count). The Morgan fingerprint density at radius 3 is 2.45 bits per heavy atom. The smallest absolute Gasteiger partial charge is 0.291 e. The average Bonchev–Trinajstić information content (AvgIpc) is 3.50. The van der Waals surface area contributed by atoms with E-state index in [1.165, 1.54) is 11.8 Å². The van der Waals surface area contributed by atoms with Gasteiger partial charge in [0.25, 0.3) is 11.8 Å². The van der Waals surface area contributed by atoms with Gasteiger partial charge in [0.2, 0.25) is 0 Å². The van der Waals surface area contributed by atoms with E-state index in [1.54, 1.807) is 36.4 Å². The SMILES string of the molecule is Cc1ccc(OCc2ccc(C(=O)NCc3ccc(NC(=O)c4ccco4)cc3)o2)c(C)c1. The molecule has 0 bridgehead atoms. The van der Waals surface area contributed by atoms with Crippen LogP contribution in [0.15, 0.2) is 81.8 Å². The lowest BCUT2D eigenvalue weighted by molar-refractivity contribution is 0.0918. The number of aryl methyl sites for hydroxylation is 2. The van der Waals surface area contributed by atoms with Crippen molar-refractivity contribution in [2.45, 2.75) is 27.0 Å². The van der Waals surface area contributed by atoms with E-state index < -0.39 is 0 Å². The van der Waals surface area contributed by atoms with E-state index in [9.17, 15) is 9.59 Å². The van der Waals surface area contributed by atoms with Crippen molar-refractivity contribution in [2.75, 3.05) is 5.32 Å². The van der Waals surface area contributed by atoms with Crippen molar-refractivity contribution in [3.05, 3.63) is 107 Å². The summed E-state index contributed by atoms with van der Waals surface area (Å²) in [6.07, 6.45) is 1.45. The van der Waals surface area contributed by atoms with Crippen molar-refractivity contribution in [1.29, 1.82) is 0 Å². The Bertz CT molecular complexity index is 1240. The fourth-order valence-corrected chi connectivity index (χ4v) is 3.26. The van der Waals surface area contributed by atoms with Gasteiger partial charge in [0, 0.05) is 12.2 Å². The molecule has 0 saturated heterocycles. The van der Waals surface area contributed by atoms with Gasteiger partial charge in [-0.05, 0) is 67.4 Å². The van der Waals surface area contributed by atoms with Gasteiger partial charge in [0.1, 0.15) is 18.1 Å². The van der Waals surface area contributed by atoms with Crippen molar-refractivity contribution >= 4 is 17.5 Å². The molecule has 4 aromatic rings. The highest BCUT2D eigenvalue weighted by Gasteiger charge is 2.12. The number of benzene rings is 2. The van der Waals surface area contributed by atoms with Crippen molar-refractivity contribution in [2.24, 2.45) is 0 Å². The van der Waals surface area contributed by atoms with Gasteiger partial charge in [0.15, 0.2) is 11.5 Å². The summed E-state index contributed by atoms with van der Waals surface area (Å²) in [5.41, 5.74) is 3.73. The Morgan fingerprint density at radius 1 is 0.909 bits per heavy atom. The van der Waals surface area contributed by atoms with Crippen LogP contribution < -0.4 is 15.4 Å². The molecule has 0 aliphatic rings. The Kier molecular flexibility index (Phi) is 6.59. The summed E-state index contributed by atoms with van der Waals surface area (Å²) in [5, 5.41) is 5.57. The van der Waals surface area contributed by atoms with Gasteiger partial charge in [-0.1, -0.05) is 29.8 Å². The monoisotopic (exact) mass is 444 g/mol. The third-order valence-electron chi connectivity index (χ3n) is 5.00. The van der Waals surface area contributed by atoms with Crippen molar-refractivity contribution in [3.8, 4) is 5.75 Å². The zero-order valence-electron chi connectivity index (χ0n) is 18.4. The van der Waals surface area contributed by atoms with Gasteiger partial charge in [-0.25, -0.2) is 0 Å². The number of ether oxygens (including phenoxy) is 1. The maximum Gasteiger partial charge on any atom is 0.291 e. The molecule has 0 unspecified atom stereocenters. The molecule has 0 saturated carbocycles. The van der Waals surface area contributed by atoms with E-state index in [2.05, 4.69) is 16.7 Å². The minimum absolute atomic E-state index is 0.219. The van der Waals surface area contributed by atoms with E-state index in [4.69, 9.17) is 13.6 Å². The number of hydrogen-bond donors (Lipinski definition) is 2. The van der Waals surface area contributed by atoms with Crippen molar-refractivity contribution in [3.63, 3.8) is 0 Å². The topological polar surface area (TPSA) is 93.7 Å². The molecule has 0 aliphatic carbocycles. The molecular weight excluding hydrogens is 420 g/mol. The van der Waals surface area contributed by atoms with Gasteiger partial charge >= 0.3 is 0 Å². The zero-order chi connectivity index (χ0) is 23.2. The number of amides is 2. The zero-order valence-corrected chi connectivity index (χ0v) is 18.4. The number of furan rings is 2. The van der Waals surface area contributed by atoms with Crippen LogP contribution in [0.4, 0.5) is 5.69 Å². The van der Waals surface area contributed by atoms with Crippen LogP contribution >= 0.6 is 0 Å². The Labute approximate surface area is 191 Å². The molecule has 2 N–H and O–H groups in total. The molecule has 0 fully saturated rings. The fourth-order valence-electron chi connectivity index (χ4n) is 3.26. The molecule has 0 radical (unpaired) electrons. The second-order valence-corrected chi connectivity index (χ2v) is 7.63. The lowest BCUT2D eigenvalue weighted by Gasteiger charge is -2.08. The van der Waals surface area contributed by atoms with Crippen LogP contribution in [0.3, 0.4) is 0 Å².